The van der Waals surface area contributed by atoms with Crippen LogP contribution in [0.2, 0.25) is 0 Å². The van der Waals surface area contributed by atoms with Gasteiger partial charge in [-0.2, -0.15) is 0 Å². The van der Waals surface area contributed by atoms with Gasteiger partial charge in [0.2, 0.25) is 5.91 Å². The summed E-state index contributed by atoms with van der Waals surface area (Å²) >= 11 is 0. The molecule has 0 saturated carbocycles. The summed E-state index contributed by atoms with van der Waals surface area (Å²) < 4.78 is 53.0. The Hall–Kier alpha value is -2.81. The standard InChI is InChI=1S/C22H25FN2O5S/c23-17-6-5-7-18(14-17)25(16-22(26)24-10-3-1-2-4-11-24)31(27,28)19-8-9-20-21(15-19)30-13-12-29-20/h5-9,14-15H,1-4,10-13,16H2. The number of halogens is 1. The van der Waals surface area contributed by atoms with E-state index in [1.54, 1.807) is 4.90 Å². The molecule has 31 heavy (non-hydrogen) atoms. The lowest BCUT2D eigenvalue weighted by atomic mass is 10.2. The van der Waals surface area contributed by atoms with E-state index in [-0.39, 0.29) is 16.5 Å². The third kappa shape index (κ3) is 4.76. The molecule has 0 radical (unpaired) electrons. The van der Waals surface area contributed by atoms with Crippen molar-refractivity contribution in [2.45, 2.75) is 30.6 Å². The molecule has 9 heteroatoms. The largest absolute Gasteiger partial charge is 0.486 e. The molecule has 0 unspecified atom stereocenters. The Morgan fingerprint density at radius 3 is 2.39 bits per heavy atom. The minimum atomic E-state index is -4.16. The van der Waals surface area contributed by atoms with Crippen molar-refractivity contribution in [3.05, 3.63) is 48.3 Å². The second-order valence-corrected chi connectivity index (χ2v) is 9.45. The molecule has 1 amide bonds. The van der Waals surface area contributed by atoms with Crippen molar-refractivity contribution in [2.24, 2.45) is 0 Å². The maximum Gasteiger partial charge on any atom is 0.264 e. The van der Waals surface area contributed by atoms with Gasteiger partial charge in [0.25, 0.3) is 10.0 Å². The number of nitrogens with zero attached hydrogens (tertiary/aromatic N) is 2. The summed E-state index contributed by atoms with van der Waals surface area (Å²) in [4.78, 5) is 14.7. The molecule has 2 aromatic carbocycles. The number of sulfonamides is 1. The maximum absolute atomic E-state index is 13.9. The molecule has 2 aliphatic heterocycles. The zero-order chi connectivity index (χ0) is 21.8. The molecular formula is C22H25FN2O5S. The highest BCUT2D eigenvalue weighted by Crippen LogP contribution is 2.34. The fraction of sp³-hybridized carbons (Fsp3) is 0.409. The molecule has 0 spiro atoms. The van der Waals surface area contributed by atoms with Gasteiger partial charge in [-0.1, -0.05) is 18.9 Å². The van der Waals surface area contributed by atoms with Crippen LogP contribution in [-0.4, -0.2) is 52.1 Å². The third-order valence-electron chi connectivity index (χ3n) is 5.44. The molecule has 0 N–H and O–H groups in total. The van der Waals surface area contributed by atoms with Gasteiger partial charge < -0.3 is 14.4 Å². The van der Waals surface area contributed by atoms with Gasteiger partial charge in [-0.05, 0) is 43.2 Å². The Bertz CT molecular complexity index is 1050. The zero-order valence-corrected chi connectivity index (χ0v) is 17.9. The molecule has 1 saturated heterocycles. The predicted molar refractivity (Wildman–Crippen MR) is 113 cm³/mol. The minimum absolute atomic E-state index is 0.0512. The molecule has 0 aromatic heterocycles. The van der Waals surface area contributed by atoms with Crippen LogP contribution in [0.3, 0.4) is 0 Å². The van der Waals surface area contributed by atoms with Crippen LogP contribution in [0.1, 0.15) is 25.7 Å². The van der Waals surface area contributed by atoms with E-state index in [1.807, 2.05) is 0 Å². The van der Waals surface area contributed by atoms with E-state index in [9.17, 15) is 17.6 Å². The third-order valence-corrected chi connectivity index (χ3v) is 7.21. The van der Waals surface area contributed by atoms with E-state index in [1.165, 1.54) is 36.4 Å². The van der Waals surface area contributed by atoms with E-state index in [4.69, 9.17) is 9.47 Å². The van der Waals surface area contributed by atoms with Crippen molar-refractivity contribution in [1.82, 2.24) is 4.90 Å². The van der Waals surface area contributed by atoms with Crippen molar-refractivity contribution < 1.29 is 27.1 Å². The molecule has 2 aromatic rings. The fourth-order valence-electron chi connectivity index (χ4n) is 3.80. The summed E-state index contributed by atoms with van der Waals surface area (Å²) in [5, 5.41) is 0. The lowest BCUT2D eigenvalue weighted by Crippen LogP contribution is -2.43. The van der Waals surface area contributed by atoms with Crippen molar-refractivity contribution in [3.63, 3.8) is 0 Å². The molecule has 2 aliphatic rings. The minimum Gasteiger partial charge on any atom is -0.486 e. The van der Waals surface area contributed by atoms with Crippen LogP contribution < -0.4 is 13.8 Å². The first-order chi connectivity index (χ1) is 14.9. The second-order valence-electron chi connectivity index (χ2n) is 7.59. The predicted octanol–water partition coefficient (Wildman–Crippen LogP) is 3.19. The average Bonchev–Trinajstić information content (AvgIpc) is 3.06. The quantitative estimate of drug-likeness (QED) is 0.702. The number of carbonyl (C=O) groups excluding carboxylic acids is 1. The van der Waals surface area contributed by atoms with E-state index < -0.39 is 22.4 Å². The number of benzene rings is 2. The first kappa shape index (κ1) is 21.4. The molecule has 7 nitrogen and oxygen atoms in total. The van der Waals surface area contributed by atoms with Gasteiger partial charge in [-0.3, -0.25) is 9.10 Å². The molecule has 0 aliphatic carbocycles. The Kier molecular flexibility index (Phi) is 6.31. The highest BCUT2D eigenvalue weighted by atomic mass is 32.2. The number of hydrogen-bond acceptors (Lipinski definition) is 5. The van der Waals surface area contributed by atoms with Gasteiger partial charge in [-0.15, -0.1) is 0 Å². The number of ether oxygens (including phenoxy) is 2. The Morgan fingerprint density at radius 2 is 1.68 bits per heavy atom. The summed E-state index contributed by atoms with van der Waals surface area (Å²) in [6.45, 7) is 1.50. The van der Waals surface area contributed by atoms with Crippen LogP contribution in [0.25, 0.3) is 0 Å². The van der Waals surface area contributed by atoms with E-state index >= 15 is 0 Å². The van der Waals surface area contributed by atoms with Crippen LogP contribution in [0, 0.1) is 5.82 Å². The summed E-state index contributed by atoms with van der Waals surface area (Å²) in [5.74, 6) is -0.0946. The van der Waals surface area contributed by atoms with Gasteiger partial charge in [0.05, 0.1) is 10.6 Å². The van der Waals surface area contributed by atoms with E-state index in [0.29, 0.717) is 37.8 Å². The Balaban J connectivity index is 1.68. The van der Waals surface area contributed by atoms with Crippen LogP contribution in [0.15, 0.2) is 47.4 Å². The first-order valence-electron chi connectivity index (χ1n) is 10.4. The smallest absolute Gasteiger partial charge is 0.264 e. The van der Waals surface area contributed by atoms with Gasteiger partial charge in [0.1, 0.15) is 25.6 Å². The number of hydrogen-bond donors (Lipinski definition) is 0. The Morgan fingerprint density at radius 1 is 0.968 bits per heavy atom. The number of likely N-dealkylation sites (tertiary alicyclic amines) is 1. The van der Waals surface area contributed by atoms with Crippen LogP contribution >= 0.6 is 0 Å². The molecule has 4 rings (SSSR count). The summed E-state index contributed by atoms with van der Waals surface area (Å²) in [7, 11) is -4.16. The molecule has 1 fully saturated rings. The van der Waals surface area contributed by atoms with Crippen molar-refractivity contribution in [3.8, 4) is 11.5 Å². The zero-order valence-electron chi connectivity index (χ0n) is 17.1. The summed E-state index contributed by atoms with van der Waals surface area (Å²) in [5.41, 5.74) is 0.0954. The molecule has 0 atom stereocenters. The second kappa shape index (κ2) is 9.13. The van der Waals surface area contributed by atoms with Crippen LogP contribution in [0.4, 0.5) is 10.1 Å². The van der Waals surface area contributed by atoms with Gasteiger partial charge >= 0.3 is 0 Å². The topological polar surface area (TPSA) is 76.2 Å². The van der Waals surface area contributed by atoms with Gasteiger partial charge in [-0.25, -0.2) is 12.8 Å². The molecular weight excluding hydrogens is 423 g/mol. The van der Waals surface area contributed by atoms with Crippen LogP contribution in [0.5, 0.6) is 11.5 Å². The number of rotatable bonds is 5. The maximum atomic E-state index is 13.9. The molecule has 0 bridgehead atoms. The monoisotopic (exact) mass is 448 g/mol. The number of fused-ring (bicyclic) bond motifs is 1. The highest BCUT2D eigenvalue weighted by molar-refractivity contribution is 7.92. The average molecular weight is 449 g/mol. The number of amides is 1. The van der Waals surface area contributed by atoms with Crippen LogP contribution in [-0.2, 0) is 14.8 Å². The molecule has 2 heterocycles. The van der Waals surface area contributed by atoms with E-state index in [0.717, 1.165) is 36.1 Å². The van der Waals surface area contributed by atoms with Crippen molar-refractivity contribution >= 4 is 21.6 Å². The normalized spacial score (nSPS) is 16.5. The number of carbonyl (C=O) groups is 1. The summed E-state index contributed by atoms with van der Waals surface area (Å²) in [6.07, 6.45) is 3.88. The van der Waals surface area contributed by atoms with Crippen molar-refractivity contribution in [1.29, 1.82) is 0 Å². The van der Waals surface area contributed by atoms with Crippen molar-refractivity contribution in [2.75, 3.05) is 37.2 Å². The van der Waals surface area contributed by atoms with E-state index in [2.05, 4.69) is 0 Å². The summed E-state index contributed by atoms with van der Waals surface area (Å²) in [6, 6.07) is 9.57. The van der Waals surface area contributed by atoms with Gasteiger partial charge in [0.15, 0.2) is 11.5 Å². The van der Waals surface area contributed by atoms with Gasteiger partial charge in [0, 0.05) is 19.2 Å². The number of anilines is 1. The lowest BCUT2D eigenvalue weighted by molar-refractivity contribution is -0.129. The first-order valence-corrected chi connectivity index (χ1v) is 11.8. The Labute approximate surface area is 181 Å². The fourth-order valence-corrected chi connectivity index (χ4v) is 5.22. The SMILES string of the molecule is O=C(CN(c1cccc(F)c1)S(=O)(=O)c1ccc2c(c1)OCCO2)N1CCCCCC1. The highest BCUT2D eigenvalue weighted by Gasteiger charge is 2.30. The lowest BCUT2D eigenvalue weighted by Gasteiger charge is -2.28. The molecule has 166 valence electrons.